The highest BCUT2D eigenvalue weighted by Gasteiger charge is 2.34. The summed E-state index contributed by atoms with van der Waals surface area (Å²) in [6.07, 6.45) is 4.96. The van der Waals surface area contributed by atoms with Crippen LogP contribution in [0.4, 0.5) is 17.1 Å². The predicted octanol–water partition coefficient (Wildman–Crippen LogP) is 3.10. The van der Waals surface area contributed by atoms with Gasteiger partial charge in [-0.25, -0.2) is 0 Å². The molecule has 0 aliphatic carbocycles. The van der Waals surface area contributed by atoms with Gasteiger partial charge in [0.2, 0.25) is 5.91 Å². The number of pyridine rings is 1. The fourth-order valence-electron chi connectivity index (χ4n) is 4.83. The van der Waals surface area contributed by atoms with Gasteiger partial charge in [-0.1, -0.05) is 24.3 Å². The molecule has 1 aromatic heterocycles. The van der Waals surface area contributed by atoms with Crippen LogP contribution in [0.1, 0.15) is 28.8 Å². The first-order chi connectivity index (χ1) is 18.0. The first-order valence-electron chi connectivity index (χ1n) is 12.3. The Morgan fingerprint density at radius 1 is 0.811 bits per heavy atom. The van der Waals surface area contributed by atoms with E-state index in [0.717, 1.165) is 12.1 Å². The third-order valence-corrected chi connectivity index (χ3v) is 6.80. The van der Waals surface area contributed by atoms with E-state index in [1.165, 1.54) is 22.9 Å². The lowest BCUT2D eigenvalue weighted by atomic mass is 9.95. The van der Waals surface area contributed by atoms with Crippen LogP contribution in [0.25, 0.3) is 0 Å². The van der Waals surface area contributed by atoms with Gasteiger partial charge >= 0.3 is 11.8 Å². The quantitative estimate of drug-likeness (QED) is 0.538. The molecule has 0 spiro atoms. The number of nitrogens with zero attached hydrogens (tertiary/aromatic N) is 3. The monoisotopic (exact) mass is 497 g/mol. The summed E-state index contributed by atoms with van der Waals surface area (Å²) >= 11 is 0. The summed E-state index contributed by atoms with van der Waals surface area (Å²) in [7, 11) is 0. The summed E-state index contributed by atoms with van der Waals surface area (Å²) in [6.45, 7) is 1.38. The van der Waals surface area contributed by atoms with Crippen LogP contribution in [0, 0.1) is 5.92 Å². The van der Waals surface area contributed by atoms with Gasteiger partial charge in [-0.2, -0.15) is 0 Å². The van der Waals surface area contributed by atoms with Gasteiger partial charge < -0.3 is 20.4 Å². The molecule has 2 aromatic carbocycles. The Bertz CT molecular complexity index is 1340. The largest absolute Gasteiger partial charge is 0.334 e. The maximum absolute atomic E-state index is 13.1. The number of likely N-dealkylation sites (tertiary alicyclic amines) is 1. The first kappa shape index (κ1) is 24.2. The van der Waals surface area contributed by atoms with Crippen LogP contribution in [-0.2, 0) is 20.8 Å². The Labute approximate surface area is 214 Å². The Morgan fingerprint density at radius 2 is 1.51 bits per heavy atom. The summed E-state index contributed by atoms with van der Waals surface area (Å²) < 4.78 is 0. The molecule has 2 aliphatic rings. The molecule has 0 unspecified atom stereocenters. The second-order valence-corrected chi connectivity index (χ2v) is 9.16. The van der Waals surface area contributed by atoms with Crippen molar-refractivity contribution in [1.82, 2.24) is 9.88 Å². The topological polar surface area (TPSA) is 112 Å². The minimum absolute atomic E-state index is 0.0899. The Hall–Kier alpha value is -4.53. The van der Waals surface area contributed by atoms with Crippen LogP contribution in [0.3, 0.4) is 0 Å². The number of amides is 4. The molecular weight excluding hydrogens is 470 g/mol. The van der Waals surface area contributed by atoms with Crippen molar-refractivity contribution < 1.29 is 19.2 Å². The molecule has 0 atom stereocenters. The van der Waals surface area contributed by atoms with Gasteiger partial charge in [0.05, 0.1) is 0 Å². The average molecular weight is 498 g/mol. The summed E-state index contributed by atoms with van der Waals surface area (Å²) in [5, 5.41) is 5.38. The third kappa shape index (κ3) is 5.35. The van der Waals surface area contributed by atoms with Crippen LogP contribution < -0.4 is 15.5 Å². The molecule has 9 nitrogen and oxygen atoms in total. The van der Waals surface area contributed by atoms with Gasteiger partial charge in [-0.3, -0.25) is 24.2 Å². The van der Waals surface area contributed by atoms with Crippen molar-refractivity contribution in [3.8, 4) is 0 Å². The van der Waals surface area contributed by atoms with Gasteiger partial charge in [0.15, 0.2) is 0 Å². The van der Waals surface area contributed by atoms with E-state index in [4.69, 9.17) is 0 Å². The molecule has 0 saturated carbocycles. The summed E-state index contributed by atoms with van der Waals surface area (Å²) in [5.41, 5.74) is 3.49. The number of carbonyl (C=O) groups is 4. The predicted molar refractivity (Wildman–Crippen MR) is 139 cm³/mol. The number of carbonyl (C=O) groups excluding carboxylic acids is 4. The van der Waals surface area contributed by atoms with Crippen molar-refractivity contribution in [2.24, 2.45) is 5.92 Å². The highest BCUT2D eigenvalue weighted by Crippen LogP contribution is 2.31. The lowest BCUT2D eigenvalue weighted by molar-refractivity contribution is -0.144. The van der Waals surface area contributed by atoms with Crippen molar-refractivity contribution in [3.63, 3.8) is 0 Å². The SMILES string of the molecule is O=C(Nc1cccc(NC(=O)c2ccncc2)c1)C(=O)N1CCC(C(=O)N2CCc3ccccc32)CC1. The number of anilines is 3. The second-order valence-electron chi connectivity index (χ2n) is 9.16. The number of fused-ring (bicyclic) bond motifs is 1. The molecule has 5 rings (SSSR count). The molecule has 1 saturated heterocycles. The van der Waals surface area contributed by atoms with Crippen LogP contribution in [-0.4, -0.2) is 53.1 Å². The molecule has 9 heteroatoms. The van der Waals surface area contributed by atoms with Gasteiger partial charge in [0.1, 0.15) is 0 Å². The highest BCUT2D eigenvalue weighted by atomic mass is 16.2. The molecule has 37 heavy (non-hydrogen) atoms. The van der Waals surface area contributed by atoms with Crippen molar-refractivity contribution in [2.45, 2.75) is 19.3 Å². The minimum Gasteiger partial charge on any atom is -0.334 e. The average Bonchev–Trinajstić information content (AvgIpc) is 3.37. The van der Waals surface area contributed by atoms with E-state index < -0.39 is 11.8 Å². The fraction of sp³-hybridized carbons (Fsp3) is 0.250. The van der Waals surface area contributed by atoms with Crippen LogP contribution in [0.2, 0.25) is 0 Å². The maximum Gasteiger partial charge on any atom is 0.313 e. The van der Waals surface area contributed by atoms with Crippen molar-refractivity contribution in [1.29, 1.82) is 0 Å². The van der Waals surface area contributed by atoms with E-state index in [1.807, 2.05) is 29.2 Å². The number of piperidine rings is 1. The zero-order valence-corrected chi connectivity index (χ0v) is 20.2. The van der Waals surface area contributed by atoms with Crippen LogP contribution in [0.15, 0.2) is 73.1 Å². The molecular formula is C28H27N5O4. The summed E-state index contributed by atoms with van der Waals surface area (Å²) in [4.78, 5) is 58.2. The van der Waals surface area contributed by atoms with E-state index in [0.29, 0.717) is 49.4 Å². The maximum atomic E-state index is 13.1. The van der Waals surface area contributed by atoms with E-state index in [2.05, 4.69) is 15.6 Å². The molecule has 0 radical (unpaired) electrons. The zero-order valence-electron chi connectivity index (χ0n) is 20.2. The highest BCUT2D eigenvalue weighted by molar-refractivity contribution is 6.39. The van der Waals surface area contributed by atoms with Gasteiger partial charge in [0, 0.05) is 60.6 Å². The zero-order chi connectivity index (χ0) is 25.8. The van der Waals surface area contributed by atoms with E-state index >= 15 is 0 Å². The Kier molecular flexibility index (Phi) is 6.93. The van der Waals surface area contributed by atoms with E-state index in [9.17, 15) is 19.2 Å². The normalized spacial score (nSPS) is 15.1. The Morgan fingerprint density at radius 3 is 2.27 bits per heavy atom. The number of benzene rings is 2. The van der Waals surface area contributed by atoms with Crippen LogP contribution >= 0.6 is 0 Å². The summed E-state index contributed by atoms with van der Waals surface area (Å²) in [5.74, 6) is -1.78. The molecule has 0 bridgehead atoms. The van der Waals surface area contributed by atoms with E-state index in [-0.39, 0.29) is 17.7 Å². The number of para-hydroxylation sites is 1. The first-order valence-corrected chi connectivity index (χ1v) is 12.3. The molecule has 2 aliphatic heterocycles. The standard InChI is InChI=1S/C28H27N5O4/c34-25(20-8-13-29-14-9-20)30-22-5-3-6-23(18-22)31-26(35)28(37)32-15-10-21(11-16-32)27(36)33-17-12-19-4-1-2-7-24(19)33/h1-9,13-14,18,21H,10-12,15-17H2,(H,30,34)(H,31,35). The molecule has 1 fully saturated rings. The van der Waals surface area contributed by atoms with Crippen molar-refractivity contribution >= 4 is 40.7 Å². The molecule has 188 valence electrons. The fourth-order valence-corrected chi connectivity index (χ4v) is 4.83. The molecule has 3 aromatic rings. The van der Waals surface area contributed by atoms with Gasteiger partial charge in [0.25, 0.3) is 5.91 Å². The molecule has 3 heterocycles. The number of hydrogen-bond acceptors (Lipinski definition) is 5. The van der Waals surface area contributed by atoms with Gasteiger partial charge in [-0.05, 0) is 61.2 Å². The van der Waals surface area contributed by atoms with Gasteiger partial charge in [-0.15, -0.1) is 0 Å². The lowest BCUT2D eigenvalue weighted by Gasteiger charge is -2.33. The number of rotatable bonds is 4. The molecule has 4 amide bonds. The Balaban J connectivity index is 1.14. The smallest absolute Gasteiger partial charge is 0.313 e. The second kappa shape index (κ2) is 10.6. The van der Waals surface area contributed by atoms with Crippen molar-refractivity contribution in [2.75, 3.05) is 35.2 Å². The summed E-state index contributed by atoms with van der Waals surface area (Å²) in [6, 6.07) is 17.7. The van der Waals surface area contributed by atoms with Crippen LogP contribution in [0.5, 0.6) is 0 Å². The van der Waals surface area contributed by atoms with E-state index in [1.54, 1.807) is 36.4 Å². The lowest BCUT2D eigenvalue weighted by Crippen LogP contribution is -2.47. The number of aromatic nitrogens is 1. The minimum atomic E-state index is -0.754. The molecule has 2 N–H and O–H groups in total. The number of nitrogens with one attached hydrogen (secondary N) is 2. The number of hydrogen-bond donors (Lipinski definition) is 2. The third-order valence-electron chi connectivity index (χ3n) is 6.80. The van der Waals surface area contributed by atoms with Crippen molar-refractivity contribution in [3.05, 3.63) is 84.2 Å².